The van der Waals surface area contributed by atoms with Crippen molar-refractivity contribution in [3.8, 4) is 5.75 Å². The first-order valence-electron chi connectivity index (χ1n) is 6.01. The van der Waals surface area contributed by atoms with Gasteiger partial charge >= 0.3 is 0 Å². The summed E-state index contributed by atoms with van der Waals surface area (Å²) in [7, 11) is 0. The molecule has 19 heavy (non-hydrogen) atoms. The third-order valence-electron chi connectivity index (χ3n) is 2.66. The number of nitrogens with zero attached hydrogens (tertiary/aromatic N) is 1. The van der Waals surface area contributed by atoms with Gasteiger partial charge < -0.3 is 15.8 Å². The lowest BCUT2D eigenvalue weighted by Crippen LogP contribution is -2.07. The zero-order chi connectivity index (χ0) is 13.8. The van der Waals surface area contributed by atoms with Gasteiger partial charge in [-0.15, -0.1) is 0 Å². The number of nitrogens with two attached hydrogens (primary N) is 1. The van der Waals surface area contributed by atoms with Crippen LogP contribution >= 0.6 is 11.5 Å². The van der Waals surface area contributed by atoms with E-state index in [1.54, 1.807) is 6.07 Å². The molecule has 0 radical (unpaired) electrons. The van der Waals surface area contributed by atoms with Crippen LogP contribution in [0.5, 0.6) is 5.75 Å². The quantitative estimate of drug-likeness (QED) is 0.881. The van der Waals surface area contributed by atoms with E-state index in [4.69, 9.17) is 10.5 Å². The van der Waals surface area contributed by atoms with Gasteiger partial charge in [-0.25, -0.2) is 4.39 Å². The lowest BCUT2D eigenvalue weighted by atomic mass is 10.1. The van der Waals surface area contributed by atoms with E-state index in [1.807, 2.05) is 19.9 Å². The average molecular weight is 281 g/mol. The lowest BCUT2D eigenvalue weighted by molar-refractivity contribution is 0.344. The summed E-state index contributed by atoms with van der Waals surface area (Å²) in [6, 6.07) is 6.42. The maximum Gasteiger partial charge on any atom is 0.197 e. The number of ether oxygens (including phenoxy) is 1. The summed E-state index contributed by atoms with van der Waals surface area (Å²) in [5.74, 6) is 0.691. The van der Waals surface area contributed by atoms with E-state index in [2.05, 4.69) is 9.69 Å². The fourth-order valence-corrected chi connectivity index (χ4v) is 2.47. The summed E-state index contributed by atoms with van der Waals surface area (Å²) in [4.78, 5) is 0. The SMILES string of the molecule is CCOc1c(N)nsc1NC(C)c1cccc(F)c1. The van der Waals surface area contributed by atoms with Crippen molar-refractivity contribution >= 4 is 22.4 Å². The summed E-state index contributed by atoms with van der Waals surface area (Å²) in [5.41, 5.74) is 6.60. The van der Waals surface area contributed by atoms with Gasteiger partial charge in [0.2, 0.25) is 0 Å². The minimum atomic E-state index is -0.250. The van der Waals surface area contributed by atoms with E-state index in [9.17, 15) is 4.39 Å². The second kappa shape index (κ2) is 5.88. The van der Waals surface area contributed by atoms with Crippen molar-refractivity contribution in [1.29, 1.82) is 0 Å². The summed E-state index contributed by atoms with van der Waals surface area (Å²) < 4.78 is 22.7. The van der Waals surface area contributed by atoms with Gasteiger partial charge in [0.05, 0.1) is 6.61 Å². The standard InChI is InChI=1S/C13H16FN3OS/c1-3-18-11-12(15)17-19-13(11)16-8(2)9-5-4-6-10(14)7-9/h4-8,16H,3H2,1-2H3,(H2,15,17). The molecule has 6 heteroatoms. The minimum absolute atomic E-state index is 0.0604. The Balaban J connectivity index is 2.17. The number of anilines is 2. The van der Waals surface area contributed by atoms with Crippen LogP contribution in [0.3, 0.4) is 0 Å². The number of halogens is 1. The Kier molecular flexibility index (Phi) is 4.21. The Morgan fingerprint density at radius 1 is 1.53 bits per heavy atom. The zero-order valence-electron chi connectivity index (χ0n) is 10.8. The second-order valence-electron chi connectivity index (χ2n) is 4.08. The Bertz CT molecular complexity index is 559. The molecule has 1 atom stereocenters. The first-order valence-corrected chi connectivity index (χ1v) is 6.79. The third-order valence-corrected chi connectivity index (χ3v) is 3.43. The Morgan fingerprint density at radius 3 is 3.00 bits per heavy atom. The number of hydrogen-bond acceptors (Lipinski definition) is 5. The predicted molar refractivity (Wildman–Crippen MR) is 76.1 cm³/mol. The van der Waals surface area contributed by atoms with Crippen LogP contribution in [0.1, 0.15) is 25.5 Å². The molecule has 0 spiro atoms. The minimum Gasteiger partial charge on any atom is -0.487 e. The molecule has 1 unspecified atom stereocenters. The first kappa shape index (κ1) is 13.6. The molecule has 0 fully saturated rings. The molecule has 0 saturated carbocycles. The van der Waals surface area contributed by atoms with Crippen LogP contribution in [0, 0.1) is 5.82 Å². The highest BCUT2D eigenvalue weighted by molar-refractivity contribution is 7.11. The van der Waals surface area contributed by atoms with Crippen molar-refractivity contribution in [2.75, 3.05) is 17.7 Å². The molecule has 0 saturated heterocycles. The molecule has 1 aromatic heterocycles. The molecule has 0 amide bonds. The van der Waals surface area contributed by atoms with Crippen molar-refractivity contribution in [3.63, 3.8) is 0 Å². The Labute approximate surface area is 115 Å². The number of nitrogen functional groups attached to an aromatic ring is 1. The van der Waals surface area contributed by atoms with Crippen LogP contribution in [0.15, 0.2) is 24.3 Å². The van der Waals surface area contributed by atoms with Crippen molar-refractivity contribution < 1.29 is 9.13 Å². The smallest absolute Gasteiger partial charge is 0.197 e. The summed E-state index contributed by atoms with van der Waals surface area (Å²) >= 11 is 1.24. The molecule has 102 valence electrons. The monoisotopic (exact) mass is 281 g/mol. The van der Waals surface area contributed by atoms with Gasteiger partial charge in [0.25, 0.3) is 0 Å². The summed E-state index contributed by atoms with van der Waals surface area (Å²) in [6.07, 6.45) is 0. The van der Waals surface area contributed by atoms with Gasteiger partial charge in [-0.3, -0.25) is 0 Å². The molecule has 1 aromatic carbocycles. The topological polar surface area (TPSA) is 60.2 Å². The maximum atomic E-state index is 13.2. The van der Waals surface area contributed by atoms with Gasteiger partial charge in [0.1, 0.15) is 5.82 Å². The summed E-state index contributed by atoms with van der Waals surface area (Å²) in [5, 5.41) is 4.00. The molecule has 0 aliphatic heterocycles. The molecule has 3 N–H and O–H groups in total. The number of rotatable bonds is 5. The van der Waals surface area contributed by atoms with Gasteiger partial charge in [-0.2, -0.15) is 4.37 Å². The average Bonchev–Trinajstić information content (AvgIpc) is 2.72. The highest BCUT2D eigenvalue weighted by Gasteiger charge is 2.15. The zero-order valence-corrected chi connectivity index (χ0v) is 11.6. The molecular formula is C13H16FN3OS. The maximum absolute atomic E-state index is 13.2. The molecule has 4 nitrogen and oxygen atoms in total. The fourth-order valence-electron chi connectivity index (χ4n) is 1.73. The predicted octanol–water partition coefficient (Wildman–Crippen LogP) is 3.44. The van der Waals surface area contributed by atoms with Crippen LogP contribution in [0.25, 0.3) is 0 Å². The molecular weight excluding hydrogens is 265 g/mol. The van der Waals surface area contributed by atoms with Crippen LogP contribution in [-0.4, -0.2) is 11.0 Å². The van der Waals surface area contributed by atoms with Gasteiger partial charge in [-0.05, 0) is 43.1 Å². The number of benzene rings is 1. The highest BCUT2D eigenvalue weighted by atomic mass is 32.1. The van der Waals surface area contributed by atoms with Crippen LogP contribution in [0.4, 0.5) is 15.2 Å². The molecule has 0 aliphatic carbocycles. The first-order chi connectivity index (χ1) is 9.11. The largest absolute Gasteiger partial charge is 0.487 e. The van der Waals surface area contributed by atoms with Crippen molar-refractivity contribution in [2.24, 2.45) is 0 Å². The van der Waals surface area contributed by atoms with Crippen molar-refractivity contribution in [1.82, 2.24) is 4.37 Å². The fraction of sp³-hybridized carbons (Fsp3) is 0.308. The van der Waals surface area contributed by atoms with E-state index in [0.29, 0.717) is 18.2 Å². The van der Waals surface area contributed by atoms with E-state index in [1.165, 1.54) is 23.7 Å². The molecule has 1 heterocycles. The lowest BCUT2D eigenvalue weighted by Gasteiger charge is -2.15. The number of hydrogen-bond donors (Lipinski definition) is 2. The van der Waals surface area contributed by atoms with Gasteiger partial charge in [-0.1, -0.05) is 12.1 Å². The van der Waals surface area contributed by atoms with E-state index in [0.717, 1.165) is 10.6 Å². The van der Waals surface area contributed by atoms with E-state index in [-0.39, 0.29) is 11.9 Å². The number of nitrogens with one attached hydrogen (secondary N) is 1. The van der Waals surface area contributed by atoms with Crippen molar-refractivity contribution in [2.45, 2.75) is 19.9 Å². The third kappa shape index (κ3) is 3.14. The van der Waals surface area contributed by atoms with Crippen LogP contribution < -0.4 is 15.8 Å². The van der Waals surface area contributed by atoms with Gasteiger partial charge in [0.15, 0.2) is 16.6 Å². The molecule has 0 bridgehead atoms. The molecule has 2 rings (SSSR count). The van der Waals surface area contributed by atoms with E-state index >= 15 is 0 Å². The van der Waals surface area contributed by atoms with Crippen molar-refractivity contribution in [3.05, 3.63) is 35.6 Å². The Morgan fingerprint density at radius 2 is 2.32 bits per heavy atom. The van der Waals surface area contributed by atoms with Crippen LogP contribution in [-0.2, 0) is 0 Å². The number of aromatic nitrogens is 1. The van der Waals surface area contributed by atoms with Crippen LogP contribution in [0.2, 0.25) is 0 Å². The van der Waals surface area contributed by atoms with E-state index < -0.39 is 0 Å². The summed E-state index contributed by atoms with van der Waals surface area (Å²) in [6.45, 7) is 4.35. The normalized spacial score (nSPS) is 12.2. The highest BCUT2D eigenvalue weighted by Crippen LogP contribution is 2.37. The molecule has 0 aliphatic rings. The Hall–Kier alpha value is -1.82. The molecule has 2 aromatic rings. The van der Waals surface area contributed by atoms with Gasteiger partial charge in [0, 0.05) is 6.04 Å². The second-order valence-corrected chi connectivity index (χ2v) is 4.85.